The first kappa shape index (κ1) is 24.3. The summed E-state index contributed by atoms with van der Waals surface area (Å²) in [4.78, 5) is 28.0. The normalized spacial score (nSPS) is 13.7. The third kappa shape index (κ3) is 5.37. The SMILES string of the molecule is CCOc1ccc(NC2=C(c3ccc(C)cc3C)C(=O)N(CCCOC)C2=O)cc1OCC. The Kier molecular flexibility index (Phi) is 8.11. The van der Waals surface area contributed by atoms with Crippen molar-refractivity contribution in [3.8, 4) is 11.5 Å². The van der Waals surface area contributed by atoms with Gasteiger partial charge in [-0.05, 0) is 57.4 Å². The number of hydrogen-bond donors (Lipinski definition) is 1. The van der Waals surface area contributed by atoms with Gasteiger partial charge < -0.3 is 19.5 Å². The van der Waals surface area contributed by atoms with E-state index in [2.05, 4.69) is 5.32 Å². The maximum absolute atomic E-state index is 13.4. The second-order valence-electron chi connectivity index (χ2n) is 7.83. The number of imide groups is 1. The lowest BCUT2D eigenvalue weighted by atomic mass is 9.97. The van der Waals surface area contributed by atoms with E-state index in [0.717, 1.165) is 16.7 Å². The largest absolute Gasteiger partial charge is 0.490 e. The van der Waals surface area contributed by atoms with Gasteiger partial charge in [-0.15, -0.1) is 0 Å². The van der Waals surface area contributed by atoms with Crippen molar-refractivity contribution in [1.82, 2.24) is 4.90 Å². The van der Waals surface area contributed by atoms with Crippen molar-refractivity contribution < 1.29 is 23.8 Å². The Morgan fingerprint density at radius 3 is 2.30 bits per heavy atom. The molecule has 1 N–H and O–H groups in total. The van der Waals surface area contributed by atoms with Crippen molar-refractivity contribution >= 4 is 23.1 Å². The fraction of sp³-hybridized carbons (Fsp3) is 0.385. The average Bonchev–Trinajstić information content (AvgIpc) is 3.00. The summed E-state index contributed by atoms with van der Waals surface area (Å²) in [6, 6.07) is 11.2. The minimum Gasteiger partial charge on any atom is -0.490 e. The summed E-state index contributed by atoms with van der Waals surface area (Å²) in [5.41, 5.74) is 4.04. The molecule has 1 aliphatic heterocycles. The third-order valence-electron chi connectivity index (χ3n) is 5.36. The van der Waals surface area contributed by atoms with Gasteiger partial charge in [0.25, 0.3) is 11.8 Å². The number of nitrogens with zero attached hydrogens (tertiary/aromatic N) is 1. The van der Waals surface area contributed by atoms with Crippen LogP contribution in [-0.2, 0) is 14.3 Å². The number of hydrogen-bond acceptors (Lipinski definition) is 6. The summed E-state index contributed by atoms with van der Waals surface area (Å²) < 4.78 is 16.5. The van der Waals surface area contributed by atoms with Crippen LogP contribution < -0.4 is 14.8 Å². The van der Waals surface area contributed by atoms with Gasteiger partial charge in [-0.1, -0.05) is 23.8 Å². The van der Waals surface area contributed by atoms with E-state index in [0.29, 0.717) is 55.5 Å². The maximum atomic E-state index is 13.4. The molecular formula is C26H32N2O5. The fourth-order valence-corrected chi connectivity index (χ4v) is 3.88. The zero-order chi connectivity index (χ0) is 24.0. The Bertz CT molecular complexity index is 1060. The van der Waals surface area contributed by atoms with Gasteiger partial charge in [0.05, 0.1) is 18.8 Å². The minimum absolute atomic E-state index is 0.260. The molecule has 0 aliphatic carbocycles. The molecule has 1 heterocycles. The summed E-state index contributed by atoms with van der Waals surface area (Å²) in [5.74, 6) is 0.551. The van der Waals surface area contributed by atoms with Crippen LogP contribution in [0.1, 0.15) is 37.0 Å². The molecule has 2 aromatic carbocycles. The van der Waals surface area contributed by atoms with Crippen LogP contribution in [0.5, 0.6) is 11.5 Å². The standard InChI is InChI=1S/C26H32N2O5/c1-6-32-21-12-10-19(16-22(21)33-7-2)27-24-23(20-11-9-17(3)15-18(20)4)25(29)28(26(24)30)13-8-14-31-5/h9-12,15-16,27H,6-8,13-14H2,1-5H3. The van der Waals surface area contributed by atoms with Gasteiger partial charge in [-0.2, -0.15) is 0 Å². The fourth-order valence-electron chi connectivity index (χ4n) is 3.88. The Balaban J connectivity index is 2.03. The number of methoxy groups -OCH3 is 1. The first-order valence-corrected chi connectivity index (χ1v) is 11.2. The predicted molar refractivity (Wildman–Crippen MR) is 128 cm³/mol. The number of carbonyl (C=O) groups excluding carboxylic acids is 2. The van der Waals surface area contributed by atoms with Crippen LogP contribution in [0.4, 0.5) is 5.69 Å². The smallest absolute Gasteiger partial charge is 0.278 e. The van der Waals surface area contributed by atoms with Crippen molar-refractivity contribution in [2.45, 2.75) is 34.1 Å². The number of anilines is 1. The number of amides is 2. The lowest BCUT2D eigenvalue weighted by Gasteiger charge is -2.16. The van der Waals surface area contributed by atoms with Crippen molar-refractivity contribution in [2.24, 2.45) is 0 Å². The summed E-state index contributed by atoms with van der Waals surface area (Å²) in [5, 5.41) is 3.20. The molecule has 0 atom stereocenters. The zero-order valence-electron chi connectivity index (χ0n) is 20.0. The highest BCUT2D eigenvalue weighted by Gasteiger charge is 2.39. The van der Waals surface area contributed by atoms with Gasteiger partial charge in [0.15, 0.2) is 11.5 Å². The molecule has 176 valence electrons. The summed E-state index contributed by atoms with van der Waals surface area (Å²) in [6.07, 6.45) is 0.568. The van der Waals surface area contributed by atoms with Gasteiger partial charge in [0, 0.05) is 32.0 Å². The molecule has 3 rings (SSSR count). The lowest BCUT2D eigenvalue weighted by Crippen LogP contribution is -2.34. The molecule has 0 saturated heterocycles. The van der Waals surface area contributed by atoms with Crippen molar-refractivity contribution in [2.75, 3.05) is 38.8 Å². The van der Waals surface area contributed by atoms with E-state index >= 15 is 0 Å². The van der Waals surface area contributed by atoms with Gasteiger partial charge in [0.1, 0.15) is 5.70 Å². The summed E-state index contributed by atoms with van der Waals surface area (Å²) in [7, 11) is 1.60. The van der Waals surface area contributed by atoms with E-state index in [1.165, 1.54) is 4.90 Å². The Labute approximate surface area is 195 Å². The monoisotopic (exact) mass is 452 g/mol. The molecule has 0 bridgehead atoms. The van der Waals surface area contributed by atoms with Crippen molar-refractivity contribution in [1.29, 1.82) is 0 Å². The van der Waals surface area contributed by atoms with Crippen LogP contribution in [0, 0.1) is 13.8 Å². The molecule has 0 radical (unpaired) electrons. The second-order valence-corrected chi connectivity index (χ2v) is 7.83. The van der Waals surface area contributed by atoms with Gasteiger partial charge >= 0.3 is 0 Å². The number of carbonyl (C=O) groups is 2. The zero-order valence-corrected chi connectivity index (χ0v) is 20.0. The van der Waals surface area contributed by atoms with E-state index < -0.39 is 0 Å². The van der Waals surface area contributed by atoms with Crippen LogP contribution in [0.25, 0.3) is 5.57 Å². The van der Waals surface area contributed by atoms with E-state index in [4.69, 9.17) is 14.2 Å². The molecule has 2 aromatic rings. The van der Waals surface area contributed by atoms with Crippen LogP contribution in [-0.4, -0.2) is 50.2 Å². The van der Waals surface area contributed by atoms with Crippen LogP contribution in [0.15, 0.2) is 42.1 Å². The van der Waals surface area contributed by atoms with Crippen LogP contribution >= 0.6 is 0 Å². The van der Waals surface area contributed by atoms with E-state index in [1.54, 1.807) is 19.2 Å². The molecule has 7 nitrogen and oxygen atoms in total. The number of rotatable bonds is 11. The quantitative estimate of drug-likeness (QED) is 0.404. The lowest BCUT2D eigenvalue weighted by molar-refractivity contribution is -0.137. The van der Waals surface area contributed by atoms with Crippen molar-refractivity contribution in [3.05, 3.63) is 58.8 Å². The Morgan fingerprint density at radius 1 is 0.909 bits per heavy atom. The predicted octanol–water partition coefficient (Wildman–Crippen LogP) is 4.33. The molecule has 2 amide bonds. The molecular weight excluding hydrogens is 420 g/mol. The molecule has 0 aromatic heterocycles. The van der Waals surface area contributed by atoms with E-state index in [9.17, 15) is 9.59 Å². The first-order chi connectivity index (χ1) is 15.9. The molecule has 7 heteroatoms. The first-order valence-electron chi connectivity index (χ1n) is 11.2. The highest BCUT2D eigenvalue weighted by atomic mass is 16.5. The molecule has 0 saturated carbocycles. The molecule has 0 spiro atoms. The van der Waals surface area contributed by atoms with Gasteiger partial charge in [0.2, 0.25) is 0 Å². The third-order valence-corrected chi connectivity index (χ3v) is 5.36. The molecule has 0 unspecified atom stereocenters. The number of aryl methyl sites for hydroxylation is 2. The van der Waals surface area contributed by atoms with Gasteiger partial charge in [-0.3, -0.25) is 14.5 Å². The summed E-state index contributed by atoms with van der Waals surface area (Å²) >= 11 is 0. The Morgan fingerprint density at radius 2 is 1.64 bits per heavy atom. The number of ether oxygens (including phenoxy) is 3. The second kappa shape index (κ2) is 11.0. The molecule has 0 fully saturated rings. The highest BCUT2D eigenvalue weighted by Crippen LogP contribution is 2.35. The number of benzene rings is 2. The van der Waals surface area contributed by atoms with Crippen molar-refractivity contribution in [3.63, 3.8) is 0 Å². The minimum atomic E-state index is -0.349. The van der Waals surface area contributed by atoms with Crippen LogP contribution in [0.2, 0.25) is 0 Å². The van der Waals surface area contributed by atoms with Gasteiger partial charge in [-0.25, -0.2) is 0 Å². The Hall–Kier alpha value is -3.32. The average molecular weight is 453 g/mol. The van der Waals surface area contributed by atoms with E-state index in [1.807, 2.05) is 52.0 Å². The van der Waals surface area contributed by atoms with Crippen LogP contribution in [0.3, 0.4) is 0 Å². The molecule has 1 aliphatic rings. The highest BCUT2D eigenvalue weighted by molar-refractivity contribution is 6.36. The van der Waals surface area contributed by atoms with E-state index in [-0.39, 0.29) is 17.5 Å². The summed E-state index contributed by atoms with van der Waals surface area (Å²) in [6.45, 7) is 9.50. The molecule has 33 heavy (non-hydrogen) atoms. The number of nitrogens with one attached hydrogen (secondary N) is 1. The topological polar surface area (TPSA) is 77.1 Å². The maximum Gasteiger partial charge on any atom is 0.278 e.